The average molecular weight is 780 g/mol. The molecule has 1 saturated heterocycles. The molecule has 290 valence electrons. The molecule has 0 aliphatic carbocycles. The number of benzene rings is 3. The van der Waals surface area contributed by atoms with Gasteiger partial charge in [-0.1, -0.05) is 42.5 Å². The first kappa shape index (κ1) is 41.5. The van der Waals surface area contributed by atoms with Crippen LogP contribution in [-0.2, 0) is 49.9 Å². The number of hydrogen-bond donors (Lipinski definition) is 1. The van der Waals surface area contributed by atoms with Gasteiger partial charge < -0.3 is 28.4 Å². The van der Waals surface area contributed by atoms with E-state index in [4.69, 9.17) is 14.2 Å². The molecule has 54 heavy (non-hydrogen) atoms. The van der Waals surface area contributed by atoms with Gasteiger partial charge in [0.25, 0.3) is 0 Å². The standard InChI is InChI=1S/C37H37F4NO11S/c1-23(43)50-21-36(47,22-51-24(2)44)20-4-5-26-6-8-28(9-7-26)34-32(18-19-33(52-25(3)45)27-10-12-29(38)13-11-27)35(46)42(34)30-14-16-31(17-15-30)53-54(48,49)37(39,40)41/h4,6-17,20,32-34,47H,5,18-19,21-22H2,1-3H3/t32?,33-,34+/m0/s1. The van der Waals surface area contributed by atoms with E-state index < -0.39 is 82.0 Å². The fraction of sp³-hybridized carbons (Fsp3) is 0.351. The molecule has 3 aromatic rings. The Labute approximate surface area is 308 Å². The van der Waals surface area contributed by atoms with Crippen molar-refractivity contribution < 1.29 is 68.7 Å². The number of anilines is 1. The normalized spacial score (nSPS) is 16.7. The summed E-state index contributed by atoms with van der Waals surface area (Å²) in [6.45, 7) is 2.64. The first-order chi connectivity index (χ1) is 25.3. The molecule has 1 N–H and O–H groups in total. The maximum absolute atomic E-state index is 13.7. The smallest absolute Gasteiger partial charge is 0.462 e. The SMILES string of the molecule is CC(=O)OCC(O)(C=CCc1ccc([C@@H]2C(CC[C@H](OC(C)=O)c3ccc(F)cc3)C(=O)N2c2ccc(OS(=O)(=O)C(F)(F)F)cc2)cc1)COC(C)=O. The van der Waals surface area contributed by atoms with Gasteiger partial charge in [-0.25, -0.2) is 4.39 Å². The molecule has 1 heterocycles. The number of hydrogen-bond acceptors (Lipinski definition) is 11. The zero-order valence-corrected chi connectivity index (χ0v) is 30.1. The van der Waals surface area contributed by atoms with E-state index in [0.29, 0.717) is 11.1 Å². The van der Waals surface area contributed by atoms with Crippen LogP contribution in [0.1, 0.15) is 62.4 Å². The average Bonchev–Trinajstić information content (AvgIpc) is 3.09. The molecule has 1 amide bonds. The molecule has 0 aromatic heterocycles. The summed E-state index contributed by atoms with van der Waals surface area (Å²) in [6, 6.07) is 16.2. The highest BCUT2D eigenvalue weighted by atomic mass is 32.2. The molecule has 1 fully saturated rings. The van der Waals surface area contributed by atoms with Gasteiger partial charge in [0.1, 0.15) is 30.9 Å². The molecule has 12 nitrogen and oxygen atoms in total. The lowest BCUT2D eigenvalue weighted by Crippen LogP contribution is -2.55. The van der Waals surface area contributed by atoms with E-state index in [1.54, 1.807) is 30.3 Å². The van der Waals surface area contributed by atoms with Gasteiger partial charge in [-0.2, -0.15) is 21.6 Å². The van der Waals surface area contributed by atoms with Crippen LogP contribution in [0.4, 0.5) is 23.2 Å². The Kier molecular flexibility index (Phi) is 13.2. The summed E-state index contributed by atoms with van der Waals surface area (Å²) >= 11 is 0. The molecule has 0 bridgehead atoms. The molecule has 1 aliphatic rings. The number of esters is 3. The number of rotatable bonds is 16. The van der Waals surface area contributed by atoms with E-state index in [1.165, 1.54) is 54.3 Å². The molecule has 0 saturated carbocycles. The first-order valence-corrected chi connectivity index (χ1v) is 17.8. The third-order valence-corrected chi connectivity index (χ3v) is 9.24. The van der Waals surface area contributed by atoms with E-state index in [2.05, 4.69) is 4.18 Å². The van der Waals surface area contributed by atoms with Crippen molar-refractivity contribution in [2.75, 3.05) is 18.1 Å². The Bertz CT molecular complexity index is 1930. The molecule has 0 radical (unpaired) electrons. The second-order valence-corrected chi connectivity index (χ2v) is 14.0. The molecule has 0 spiro atoms. The van der Waals surface area contributed by atoms with Crippen LogP contribution in [0.3, 0.4) is 0 Å². The molecule has 1 aliphatic heterocycles. The van der Waals surface area contributed by atoms with Crippen LogP contribution in [0.2, 0.25) is 0 Å². The van der Waals surface area contributed by atoms with Gasteiger partial charge in [0, 0.05) is 26.5 Å². The molecular weight excluding hydrogens is 742 g/mol. The molecule has 3 aromatic carbocycles. The van der Waals surface area contributed by atoms with E-state index >= 15 is 0 Å². The minimum absolute atomic E-state index is 0.181. The van der Waals surface area contributed by atoms with Gasteiger partial charge in [-0.15, -0.1) is 0 Å². The number of ether oxygens (including phenoxy) is 3. The van der Waals surface area contributed by atoms with Gasteiger partial charge in [-0.05, 0) is 78.4 Å². The third kappa shape index (κ3) is 10.9. The number of aliphatic hydroxyl groups is 1. The topological polar surface area (TPSA) is 163 Å². The number of β-lactam (4-membered cyclic amide) rings is 1. The fourth-order valence-corrected chi connectivity index (χ4v) is 6.15. The van der Waals surface area contributed by atoms with Gasteiger partial charge in [0.05, 0.1) is 12.0 Å². The Morgan fingerprint density at radius 3 is 1.96 bits per heavy atom. The zero-order valence-electron chi connectivity index (χ0n) is 29.2. The quantitative estimate of drug-likeness (QED) is 0.0356. The summed E-state index contributed by atoms with van der Waals surface area (Å²) in [7, 11) is -5.93. The molecular formula is C37H37F4NO11S. The highest BCUT2D eigenvalue weighted by molar-refractivity contribution is 7.88. The predicted molar refractivity (Wildman–Crippen MR) is 183 cm³/mol. The van der Waals surface area contributed by atoms with Crippen LogP contribution in [0.5, 0.6) is 5.75 Å². The minimum Gasteiger partial charge on any atom is -0.462 e. The number of halogens is 4. The first-order valence-electron chi connectivity index (χ1n) is 16.4. The Balaban J connectivity index is 1.59. The number of carbonyl (C=O) groups is 4. The molecule has 1 unspecified atom stereocenters. The zero-order chi connectivity index (χ0) is 39.8. The second-order valence-electron chi connectivity index (χ2n) is 12.5. The molecule has 4 rings (SSSR count). The highest BCUT2D eigenvalue weighted by Crippen LogP contribution is 2.47. The van der Waals surface area contributed by atoms with E-state index in [0.717, 1.165) is 31.5 Å². The summed E-state index contributed by atoms with van der Waals surface area (Å²) in [6.07, 6.45) is 2.81. The van der Waals surface area contributed by atoms with Crippen molar-refractivity contribution in [3.8, 4) is 5.75 Å². The van der Waals surface area contributed by atoms with E-state index in [9.17, 15) is 50.3 Å². The van der Waals surface area contributed by atoms with Gasteiger partial charge in [-0.3, -0.25) is 19.2 Å². The molecule has 3 atom stereocenters. The number of carbonyl (C=O) groups excluding carboxylic acids is 4. The van der Waals surface area contributed by atoms with Crippen LogP contribution in [-0.4, -0.2) is 61.7 Å². The second kappa shape index (κ2) is 17.2. The highest BCUT2D eigenvalue weighted by Gasteiger charge is 2.50. The number of nitrogens with zero attached hydrogens (tertiary/aromatic N) is 1. The van der Waals surface area contributed by atoms with Gasteiger partial charge in [0.2, 0.25) is 5.91 Å². The van der Waals surface area contributed by atoms with Crippen molar-refractivity contribution in [3.63, 3.8) is 0 Å². The van der Waals surface area contributed by atoms with Crippen LogP contribution in [0, 0.1) is 11.7 Å². The van der Waals surface area contributed by atoms with Crippen molar-refractivity contribution in [1.82, 2.24) is 0 Å². The van der Waals surface area contributed by atoms with Gasteiger partial charge in [0.15, 0.2) is 5.60 Å². The largest absolute Gasteiger partial charge is 0.534 e. The summed E-state index contributed by atoms with van der Waals surface area (Å²) in [5, 5.41) is 10.9. The monoisotopic (exact) mass is 779 g/mol. The lowest BCUT2D eigenvalue weighted by Gasteiger charge is -2.48. The van der Waals surface area contributed by atoms with Crippen LogP contribution in [0.15, 0.2) is 84.9 Å². The minimum atomic E-state index is -5.93. The predicted octanol–water partition coefficient (Wildman–Crippen LogP) is 5.80. The van der Waals surface area contributed by atoms with Crippen LogP contribution < -0.4 is 9.08 Å². The van der Waals surface area contributed by atoms with Crippen molar-refractivity contribution in [2.45, 2.75) is 63.3 Å². The van der Waals surface area contributed by atoms with Gasteiger partial charge >= 0.3 is 33.5 Å². The lowest BCUT2D eigenvalue weighted by atomic mass is 9.78. The molecule has 17 heteroatoms. The Morgan fingerprint density at radius 1 is 0.870 bits per heavy atom. The van der Waals surface area contributed by atoms with Crippen molar-refractivity contribution in [2.24, 2.45) is 5.92 Å². The van der Waals surface area contributed by atoms with Crippen molar-refractivity contribution >= 4 is 39.6 Å². The summed E-state index contributed by atoms with van der Waals surface area (Å²) in [5.74, 6) is -4.02. The number of amides is 1. The van der Waals surface area contributed by atoms with Crippen molar-refractivity contribution in [1.29, 1.82) is 0 Å². The van der Waals surface area contributed by atoms with Crippen LogP contribution in [0.25, 0.3) is 0 Å². The maximum Gasteiger partial charge on any atom is 0.534 e. The summed E-state index contributed by atoms with van der Waals surface area (Å²) in [4.78, 5) is 49.6. The summed E-state index contributed by atoms with van der Waals surface area (Å²) < 4.78 is 94.7. The maximum atomic E-state index is 13.7. The fourth-order valence-electron chi connectivity index (χ4n) is 5.69. The number of allylic oxidation sites excluding steroid dienone is 1. The number of alkyl halides is 3. The van der Waals surface area contributed by atoms with Crippen molar-refractivity contribution in [3.05, 3.63) is 107 Å². The summed E-state index contributed by atoms with van der Waals surface area (Å²) in [5.41, 5.74) is -5.27. The van der Waals surface area contributed by atoms with E-state index in [1.807, 2.05) is 0 Å². The lowest BCUT2D eigenvalue weighted by molar-refractivity contribution is -0.155. The van der Waals surface area contributed by atoms with Crippen LogP contribution >= 0.6 is 0 Å². The van der Waals surface area contributed by atoms with E-state index in [-0.39, 0.29) is 30.9 Å². The Morgan fingerprint density at radius 2 is 1.44 bits per heavy atom. The Hall–Kier alpha value is -5.29. The third-order valence-electron chi connectivity index (χ3n) is 8.26.